The molecule has 1 aromatic rings. The lowest BCUT2D eigenvalue weighted by Crippen LogP contribution is -2.41. The number of esters is 1. The zero-order valence-electron chi connectivity index (χ0n) is 16.2. The van der Waals surface area contributed by atoms with Gasteiger partial charge in [-0.3, -0.25) is 9.59 Å². The van der Waals surface area contributed by atoms with Gasteiger partial charge in [0.2, 0.25) is 5.91 Å². The Kier molecular flexibility index (Phi) is 7.89. The zero-order valence-corrected chi connectivity index (χ0v) is 16.2. The summed E-state index contributed by atoms with van der Waals surface area (Å²) in [5.41, 5.74) is 2.30. The fourth-order valence-electron chi connectivity index (χ4n) is 3.43. The van der Waals surface area contributed by atoms with Crippen molar-refractivity contribution in [3.05, 3.63) is 41.5 Å². The minimum atomic E-state index is -0.271. The molecule has 0 bridgehead atoms. The van der Waals surface area contributed by atoms with Gasteiger partial charge in [-0.15, -0.1) is 0 Å². The maximum Gasteiger partial charge on any atom is 0.307 e. The molecule has 4 nitrogen and oxygen atoms in total. The van der Waals surface area contributed by atoms with E-state index in [9.17, 15) is 9.59 Å². The molecule has 1 aromatic carbocycles. The van der Waals surface area contributed by atoms with Crippen LogP contribution >= 0.6 is 0 Å². The average Bonchev–Trinajstić information content (AvgIpc) is 2.67. The van der Waals surface area contributed by atoms with E-state index in [1.54, 1.807) is 6.08 Å². The third-order valence-electron chi connectivity index (χ3n) is 5.10. The fraction of sp³-hybridized carbons (Fsp3) is 0.545. The van der Waals surface area contributed by atoms with Crippen molar-refractivity contribution in [2.75, 3.05) is 13.7 Å². The van der Waals surface area contributed by atoms with E-state index in [1.807, 2.05) is 23.1 Å². The predicted octanol–water partition coefficient (Wildman–Crippen LogP) is 4.55. The number of hydrogen-bond acceptors (Lipinski definition) is 3. The van der Waals surface area contributed by atoms with Crippen LogP contribution in [0.3, 0.4) is 0 Å². The maximum absolute atomic E-state index is 12.8. The quantitative estimate of drug-likeness (QED) is 0.531. The summed E-state index contributed by atoms with van der Waals surface area (Å²) in [6.07, 6.45) is 9.30. The summed E-state index contributed by atoms with van der Waals surface area (Å²) < 4.78 is 4.73. The highest BCUT2D eigenvalue weighted by Crippen LogP contribution is 2.23. The zero-order chi connectivity index (χ0) is 18.9. The molecule has 1 aliphatic rings. The Balaban J connectivity index is 2.04. The van der Waals surface area contributed by atoms with Gasteiger partial charge in [0.05, 0.1) is 13.5 Å². The largest absolute Gasteiger partial charge is 0.469 e. The predicted molar refractivity (Wildman–Crippen MR) is 105 cm³/mol. The number of hydrogen-bond donors (Lipinski definition) is 0. The first-order chi connectivity index (χ1) is 12.5. The van der Waals surface area contributed by atoms with Crippen LogP contribution in [0, 0.1) is 0 Å². The number of amides is 1. The van der Waals surface area contributed by atoms with E-state index in [0.29, 0.717) is 12.5 Å². The molecule has 142 valence electrons. The molecule has 26 heavy (non-hydrogen) atoms. The van der Waals surface area contributed by atoms with Crippen LogP contribution in [0.15, 0.2) is 30.3 Å². The third-order valence-corrected chi connectivity index (χ3v) is 5.10. The summed E-state index contributed by atoms with van der Waals surface area (Å²) in [5, 5.41) is 0. The number of carbonyl (C=O) groups is 2. The van der Waals surface area contributed by atoms with E-state index >= 15 is 0 Å². The molecule has 1 aliphatic carbocycles. The molecule has 0 unspecified atom stereocenters. The SMILES string of the molecule is COC(=O)CCN(C(=O)/C=C/c1ccc(C(C)C)cc1)C1CCCCC1. The third kappa shape index (κ3) is 6.01. The molecule has 0 radical (unpaired) electrons. The van der Waals surface area contributed by atoms with Crippen LogP contribution in [0.25, 0.3) is 6.08 Å². The molecule has 0 aliphatic heterocycles. The van der Waals surface area contributed by atoms with Gasteiger partial charge in [-0.25, -0.2) is 0 Å². The van der Waals surface area contributed by atoms with Crippen LogP contribution in [0.2, 0.25) is 0 Å². The minimum Gasteiger partial charge on any atom is -0.469 e. The normalized spacial score (nSPS) is 15.4. The second kappa shape index (κ2) is 10.1. The molecule has 0 atom stereocenters. The van der Waals surface area contributed by atoms with Crippen LogP contribution in [0.5, 0.6) is 0 Å². The fourth-order valence-corrected chi connectivity index (χ4v) is 3.43. The first-order valence-electron chi connectivity index (χ1n) is 9.66. The van der Waals surface area contributed by atoms with E-state index < -0.39 is 0 Å². The van der Waals surface area contributed by atoms with Crippen molar-refractivity contribution in [1.82, 2.24) is 4.90 Å². The summed E-state index contributed by atoms with van der Waals surface area (Å²) in [6, 6.07) is 8.52. The van der Waals surface area contributed by atoms with Crippen molar-refractivity contribution in [1.29, 1.82) is 0 Å². The number of methoxy groups -OCH3 is 1. The monoisotopic (exact) mass is 357 g/mol. The number of benzene rings is 1. The summed E-state index contributed by atoms with van der Waals surface area (Å²) in [6.45, 7) is 4.75. The molecule has 0 heterocycles. The van der Waals surface area contributed by atoms with Crippen molar-refractivity contribution in [3.8, 4) is 0 Å². The van der Waals surface area contributed by atoms with Crippen molar-refractivity contribution in [3.63, 3.8) is 0 Å². The van der Waals surface area contributed by atoms with Gasteiger partial charge in [-0.2, -0.15) is 0 Å². The van der Waals surface area contributed by atoms with Crippen molar-refractivity contribution in [2.45, 2.75) is 64.3 Å². The summed E-state index contributed by atoms with van der Waals surface area (Å²) >= 11 is 0. The number of carbonyl (C=O) groups excluding carboxylic acids is 2. The molecule has 1 saturated carbocycles. The van der Waals surface area contributed by atoms with E-state index in [-0.39, 0.29) is 24.3 Å². The van der Waals surface area contributed by atoms with Crippen LogP contribution < -0.4 is 0 Å². The second-order valence-corrected chi connectivity index (χ2v) is 7.30. The van der Waals surface area contributed by atoms with Crippen molar-refractivity contribution in [2.24, 2.45) is 0 Å². The first-order valence-corrected chi connectivity index (χ1v) is 9.66. The van der Waals surface area contributed by atoms with Gasteiger partial charge in [0.15, 0.2) is 0 Å². The molecular formula is C22H31NO3. The Labute approximate surface area is 157 Å². The highest BCUT2D eigenvalue weighted by Gasteiger charge is 2.24. The molecule has 1 fully saturated rings. The van der Waals surface area contributed by atoms with Crippen LogP contribution in [-0.4, -0.2) is 36.5 Å². The highest BCUT2D eigenvalue weighted by atomic mass is 16.5. The van der Waals surface area contributed by atoms with E-state index in [2.05, 4.69) is 26.0 Å². The lowest BCUT2D eigenvalue weighted by atomic mass is 9.94. The minimum absolute atomic E-state index is 0.0197. The van der Waals surface area contributed by atoms with E-state index in [1.165, 1.54) is 19.1 Å². The molecule has 0 N–H and O–H groups in total. The van der Waals surface area contributed by atoms with Crippen LogP contribution in [-0.2, 0) is 14.3 Å². The maximum atomic E-state index is 12.8. The van der Waals surface area contributed by atoms with E-state index in [4.69, 9.17) is 4.74 Å². The smallest absolute Gasteiger partial charge is 0.307 e. The van der Waals surface area contributed by atoms with Crippen molar-refractivity contribution < 1.29 is 14.3 Å². The molecule has 0 aromatic heterocycles. The number of nitrogens with zero attached hydrogens (tertiary/aromatic N) is 1. The standard InChI is InChI=1S/C22H31NO3/c1-17(2)19-12-9-18(10-13-19)11-14-21(24)23(16-15-22(25)26-3)20-7-5-4-6-8-20/h9-14,17,20H,4-8,15-16H2,1-3H3/b14-11+. The molecular weight excluding hydrogens is 326 g/mol. The molecule has 2 rings (SSSR count). The van der Waals surface area contributed by atoms with Gasteiger partial charge in [0.25, 0.3) is 0 Å². The highest BCUT2D eigenvalue weighted by molar-refractivity contribution is 5.92. The topological polar surface area (TPSA) is 46.6 Å². The second-order valence-electron chi connectivity index (χ2n) is 7.30. The van der Waals surface area contributed by atoms with Gasteiger partial charge in [-0.05, 0) is 36.0 Å². The van der Waals surface area contributed by atoms with Crippen molar-refractivity contribution >= 4 is 18.0 Å². The molecule has 4 heteroatoms. The summed E-state index contributed by atoms with van der Waals surface area (Å²) in [4.78, 5) is 26.1. The van der Waals surface area contributed by atoms with Gasteiger partial charge in [0.1, 0.15) is 0 Å². The van der Waals surface area contributed by atoms with Gasteiger partial charge in [0, 0.05) is 18.7 Å². The van der Waals surface area contributed by atoms with Crippen LogP contribution in [0.1, 0.15) is 69.4 Å². The number of rotatable bonds is 7. The van der Waals surface area contributed by atoms with Gasteiger partial charge >= 0.3 is 5.97 Å². The molecule has 0 spiro atoms. The number of ether oxygens (including phenoxy) is 1. The Morgan fingerprint density at radius 2 is 1.81 bits per heavy atom. The van der Waals surface area contributed by atoms with Gasteiger partial charge in [-0.1, -0.05) is 57.4 Å². The first kappa shape index (κ1) is 20.2. The summed E-state index contributed by atoms with van der Waals surface area (Å²) in [5.74, 6) is 0.204. The lowest BCUT2D eigenvalue weighted by Gasteiger charge is -2.33. The Morgan fingerprint density at radius 3 is 2.38 bits per heavy atom. The van der Waals surface area contributed by atoms with E-state index in [0.717, 1.165) is 31.2 Å². The lowest BCUT2D eigenvalue weighted by molar-refractivity contribution is -0.141. The van der Waals surface area contributed by atoms with Crippen LogP contribution in [0.4, 0.5) is 0 Å². The Hall–Kier alpha value is -2.10. The average molecular weight is 357 g/mol. The Bertz CT molecular complexity index is 613. The molecule has 0 saturated heterocycles. The molecule has 1 amide bonds. The Morgan fingerprint density at radius 1 is 1.15 bits per heavy atom. The summed E-state index contributed by atoms with van der Waals surface area (Å²) in [7, 11) is 1.38. The van der Waals surface area contributed by atoms with Gasteiger partial charge < -0.3 is 9.64 Å².